The molecule has 2 N–H and O–H groups in total. The summed E-state index contributed by atoms with van der Waals surface area (Å²) < 4.78 is 2.80. The first-order valence-electron chi connectivity index (χ1n) is 13.5. The molecule has 0 aliphatic rings. The number of nitrogens with zero attached hydrogens (tertiary/aromatic N) is 5. The molecule has 5 aromatic rings. The van der Waals surface area contributed by atoms with Gasteiger partial charge < -0.3 is 10.2 Å². The molecule has 5 rings (SSSR count). The second kappa shape index (κ2) is 13.5. The van der Waals surface area contributed by atoms with Crippen LogP contribution in [0, 0.1) is 19.8 Å². The van der Waals surface area contributed by atoms with E-state index in [0.717, 1.165) is 43.0 Å². The van der Waals surface area contributed by atoms with Gasteiger partial charge in [0.15, 0.2) is 5.82 Å². The highest BCUT2D eigenvalue weighted by Gasteiger charge is 2.21. The number of hydrogen-bond acceptors (Lipinski definition) is 7. The number of halogens is 1. The highest BCUT2D eigenvalue weighted by molar-refractivity contribution is 7.22. The predicted molar refractivity (Wildman–Crippen MR) is 175 cm³/mol. The lowest BCUT2D eigenvalue weighted by atomic mass is 9.93. The molecule has 0 saturated carbocycles. The van der Waals surface area contributed by atoms with Crippen LogP contribution in [0.5, 0.6) is 0 Å². The van der Waals surface area contributed by atoms with Gasteiger partial charge >= 0.3 is 5.97 Å². The lowest BCUT2D eigenvalue weighted by Gasteiger charge is -2.18. The number of carboxylic acids is 1. The van der Waals surface area contributed by atoms with Crippen molar-refractivity contribution >= 4 is 39.1 Å². The van der Waals surface area contributed by atoms with Gasteiger partial charge in [-0.15, -0.1) is 24.2 Å². The normalized spacial score (nSPS) is 11.3. The molecule has 8 nitrogen and oxygen atoms in total. The van der Waals surface area contributed by atoms with Crippen LogP contribution in [-0.2, 0) is 16.8 Å². The maximum atomic E-state index is 11.7. The first kappa shape index (κ1) is 33.4. The number of carboxylic acid groups (broad SMARTS) is 1. The summed E-state index contributed by atoms with van der Waals surface area (Å²) in [5, 5.41) is 23.9. The summed E-state index contributed by atoms with van der Waals surface area (Å²) in [5.74, 6) is -0.309. The Hall–Kier alpha value is -4.10. The number of hydrogen-bond donors (Lipinski definition) is 2. The van der Waals surface area contributed by atoms with Crippen molar-refractivity contribution in [3.63, 3.8) is 0 Å². The number of aromatic nitrogens is 5. The first-order valence-corrected chi connectivity index (χ1v) is 14.6. The largest absolute Gasteiger partial charge is 0.481 e. The van der Waals surface area contributed by atoms with Gasteiger partial charge in [-0.1, -0.05) is 23.7 Å². The molecule has 43 heavy (non-hydrogen) atoms. The van der Waals surface area contributed by atoms with Crippen LogP contribution in [0.25, 0.3) is 43.4 Å². The number of terminal acetylenes is 1. The molecule has 0 atom stereocenters. The number of carbonyl (C=O) groups is 1. The summed E-state index contributed by atoms with van der Waals surface area (Å²) in [7, 11) is 0. The average Bonchev–Trinajstić information content (AvgIpc) is 3.58. The molecule has 0 radical (unpaired) electrons. The molecule has 0 fully saturated rings. The molecule has 3 aromatic heterocycles. The van der Waals surface area contributed by atoms with E-state index in [4.69, 9.17) is 26.7 Å². The van der Waals surface area contributed by atoms with Gasteiger partial charge in [-0.05, 0) is 89.4 Å². The van der Waals surface area contributed by atoms with Crippen LogP contribution in [0.2, 0.25) is 5.02 Å². The zero-order valence-electron chi connectivity index (χ0n) is 25.4. The van der Waals surface area contributed by atoms with E-state index in [0.29, 0.717) is 16.5 Å². The number of rotatable bonds is 5. The Balaban J connectivity index is 0.000000657. The van der Waals surface area contributed by atoms with Gasteiger partial charge in [-0.3, -0.25) is 9.48 Å². The Morgan fingerprint density at radius 2 is 1.65 bits per heavy atom. The quantitative estimate of drug-likeness (QED) is 0.195. The van der Waals surface area contributed by atoms with E-state index >= 15 is 0 Å². The third-order valence-corrected chi connectivity index (χ3v) is 7.24. The topological polar surface area (TPSA) is 114 Å². The zero-order valence-corrected chi connectivity index (χ0v) is 27.0. The van der Waals surface area contributed by atoms with Crippen LogP contribution in [0.4, 0.5) is 0 Å². The highest BCUT2D eigenvalue weighted by Crippen LogP contribution is 2.41. The Bertz CT molecular complexity index is 1740. The highest BCUT2D eigenvalue weighted by atomic mass is 35.5. The van der Waals surface area contributed by atoms with Gasteiger partial charge in [0.05, 0.1) is 39.5 Å². The summed E-state index contributed by atoms with van der Waals surface area (Å²) in [6, 6.07) is 11.2. The van der Waals surface area contributed by atoms with Crippen LogP contribution in [0.1, 0.15) is 52.7 Å². The third-order valence-electron chi connectivity index (χ3n) is 5.88. The van der Waals surface area contributed by atoms with Gasteiger partial charge in [0.2, 0.25) is 0 Å². The van der Waals surface area contributed by atoms with E-state index in [9.17, 15) is 9.90 Å². The van der Waals surface area contributed by atoms with Gasteiger partial charge in [-0.25, -0.2) is 15.0 Å². The molecule has 0 saturated heterocycles. The van der Waals surface area contributed by atoms with Crippen molar-refractivity contribution in [2.75, 3.05) is 0 Å². The average molecular weight is 618 g/mol. The van der Waals surface area contributed by atoms with Crippen molar-refractivity contribution in [1.82, 2.24) is 24.7 Å². The van der Waals surface area contributed by atoms with Crippen molar-refractivity contribution < 1.29 is 15.0 Å². The van der Waals surface area contributed by atoms with Crippen LogP contribution in [-0.4, -0.2) is 46.5 Å². The van der Waals surface area contributed by atoms with Crippen LogP contribution < -0.4 is 0 Å². The van der Waals surface area contributed by atoms with Crippen LogP contribution in [0.3, 0.4) is 0 Å². The molecule has 2 aromatic carbocycles. The van der Waals surface area contributed by atoms with E-state index in [-0.39, 0.29) is 12.0 Å². The molecule has 0 unspecified atom stereocenters. The van der Waals surface area contributed by atoms with Crippen molar-refractivity contribution in [2.45, 2.75) is 66.0 Å². The number of benzene rings is 2. The molecule has 0 aliphatic heterocycles. The monoisotopic (exact) mass is 617 g/mol. The molecule has 10 heteroatoms. The second-order valence-corrected chi connectivity index (χ2v) is 13.2. The SMILES string of the molecule is C#C.CC(C)(C)O.Cc1cc2nc(-c3ccnc(-c4cnn(C(C)(C)C)c4)n3)sc2c(-c2ccc(Cl)cc2)c1CC(=O)O. The minimum Gasteiger partial charge on any atom is -0.481 e. The fraction of sp³-hybridized carbons (Fsp3) is 0.303. The predicted octanol–water partition coefficient (Wildman–Crippen LogP) is 7.65. The molecule has 3 heterocycles. The van der Waals surface area contributed by atoms with Crippen molar-refractivity contribution in [3.05, 3.63) is 71.1 Å². The maximum Gasteiger partial charge on any atom is 0.307 e. The molecular weight excluding hydrogens is 582 g/mol. The fourth-order valence-electron chi connectivity index (χ4n) is 4.07. The smallest absolute Gasteiger partial charge is 0.307 e. The Kier molecular flexibility index (Phi) is 10.5. The number of thiazole rings is 1. The molecule has 224 valence electrons. The van der Waals surface area contributed by atoms with Crippen LogP contribution in [0.15, 0.2) is 55.0 Å². The Morgan fingerprint density at radius 1 is 1.02 bits per heavy atom. The third kappa shape index (κ3) is 8.71. The summed E-state index contributed by atoms with van der Waals surface area (Å²) in [5.41, 5.74) is 5.10. The summed E-state index contributed by atoms with van der Waals surface area (Å²) >= 11 is 7.62. The summed E-state index contributed by atoms with van der Waals surface area (Å²) in [4.78, 5) is 25.8. The molecule has 0 aliphatic carbocycles. The van der Waals surface area contributed by atoms with E-state index in [1.165, 1.54) is 11.3 Å². The Labute approximate surface area is 261 Å². The number of aliphatic hydroxyl groups is 1. The summed E-state index contributed by atoms with van der Waals surface area (Å²) in [6.45, 7) is 13.4. The molecular formula is C33H36ClN5O3S. The maximum absolute atomic E-state index is 11.7. The lowest BCUT2D eigenvalue weighted by molar-refractivity contribution is -0.136. The van der Waals surface area contributed by atoms with Crippen molar-refractivity contribution in [1.29, 1.82) is 0 Å². The molecule has 0 amide bonds. The van der Waals surface area contributed by atoms with Gasteiger partial charge in [-0.2, -0.15) is 5.10 Å². The fourth-order valence-corrected chi connectivity index (χ4v) is 5.30. The standard InChI is InChI=1S/C27H24ClN5O2S.C4H10O.C2H2/c1-15-11-21-24(23(19(15)12-22(34)35)16-5-7-18(28)8-6-16)36-26(32-21)20-9-10-29-25(31-20)17-13-30-33(14-17)27(2,3)4;1-4(2,3)5;1-2/h5-11,13-14H,12H2,1-4H3,(H,34,35);5H,1-3H3;1-2H. The van der Waals surface area contributed by atoms with Crippen molar-refractivity contribution in [3.8, 4) is 46.1 Å². The zero-order chi connectivity index (χ0) is 32.1. The van der Waals surface area contributed by atoms with Crippen LogP contribution >= 0.6 is 22.9 Å². The van der Waals surface area contributed by atoms with Gasteiger partial charge in [0, 0.05) is 23.0 Å². The molecule has 0 bridgehead atoms. The van der Waals surface area contributed by atoms with E-state index in [2.05, 4.69) is 43.7 Å². The molecule has 0 spiro atoms. The van der Waals surface area contributed by atoms with E-state index in [1.807, 2.05) is 54.2 Å². The van der Waals surface area contributed by atoms with E-state index < -0.39 is 11.6 Å². The minimum absolute atomic E-state index is 0.0810. The van der Waals surface area contributed by atoms with Gasteiger partial charge in [0.1, 0.15) is 10.7 Å². The summed E-state index contributed by atoms with van der Waals surface area (Å²) in [6.07, 6.45) is 13.3. The van der Waals surface area contributed by atoms with Gasteiger partial charge in [0.25, 0.3) is 0 Å². The number of fused-ring (bicyclic) bond motifs is 1. The van der Waals surface area contributed by atoms with E-state index in [1.54, 1.807) is 33.2 Å². The first-order chi connectivity index (χ1) is 20.1. The number of aryl methyl sites for hydroxylation is 1. The lowest BCUT2D eigenvalue weighted by Crippen LogP contribution is -2.21. The van der Waals surface area contributed by atoms with Crippen molar-refractivity contribution in [2.24, 2.45) is 0 Å². The Morgan fingerprint density at radius 3 is 2.21 bits per heavy atom. The minimum atomic E-state index is -0.881. The number of aliphatic carboxylic acids is 1. The second-order valence-electron chi connectivity index (χ2n) is 11.8.